The molecule has 0 aromatic heterocycles. The standard InChI is InChI=1S/C42H54O10/c1-2-3-4-5-6-7-8-9-10-11-12-13-14-15-16-17-18-19-20-27-50-30-37-39(47)40(48)41(49)42(52-37)51-36-29-33(44)28-35(46)38(36)34(45)26-23-31-21-24-32(43)25-22-31/h3-4,6-7,9-10,12-13,15-16,18-19,21-22,24-25,28-29,37,39-44,46-49H,2,5,8,11,14,17,20,23,26-27,30H2,1H3/b4-3-,7-6-,10-9-,13-12-,16-15-,19-18-/t37-,39-,40+,41-,42-/m1/s1. The Balaban J connectivity index is 1.39. The van der Waals surface area contributed by atoms with Crippen LogP contribution in [0.2, 0.25) is 0 Å². The number of aromatic hydroxyl groups is 3. The number of phenolic OH excluding ortho intramolecular Hbond substituents is 3. The molecule has 3 rings (SSSR count). The van der Waals surface area contributed by atoms with Gasteiger partial charge in [0.25, 0.3) is 0 Å². The van der Waals surface area contributed by atoms with Gasteiger partial charge in [0.1, 0.15) is 53.0 Å². The summed E-state index contributed by atoms with van der Waals surface area (Å²) in [5, 5.41) is 61.8. The minimum Gasteiger partial charge on any atom is -0.508 e. The van der Waals surface area contributed by atoms with Crippen LogP contribution in [0.1, 0.15) is 74.2 Å². The van der Waals surface area contributed by atoms with Crippen molar-refractivity contribution < 1.29 is 49.6 Å². The van der Waals surface area contributed by atoms with E-state index in [0.29, 0.717) is 19.4 Å². The largest absolute Gasteiger partial charge is 0.508 e. The van der Waals surface area contributed by atoms with Crippen LogP contribution in [0.3, 0.4) is 0 Å². The lowest BCUT2D eigenvalue weighted by molar-refractivity contribution is -0.279. The van der Waals surface area contributed by atoms with Gasteiger partial charge in [-0.15, -0.1) is 0 Å². The SMILES string of the molecule is CC/C=C\C/C=C\C/C=C\C/C=C\C/C=C\C/C=C\CCOC[C@H]1O[C@@H](Oc2cc(O)cc(O)c2C(=O)CCc2ccc(O)cc2)[C@H](O)[C@@H](O)[C@@H]1O. The van der Waals surface area contributed by atoms with Gasteiger partial charge in [0.15, 0.2) is 5.78 Å². The molecule has 0 unspecified atom stereocenters. The number of allylic oxidation sites excluding steroid dienone is 11. The van der Waals surface area contributed by atoms with E-state index in [-0.39, 0.29) is 30.1 Å². The summed E-state index contributed by atoms with van der Waals surface area (Å²) in [4.78, 5) is 13.2. The van der Waals surface area contributed by atoms with Gasteiger partial charge in [-0.2, -0.15) is 0 Å². The Bertz CT molecular complexity index is 1520. The van der Waals surface area contributed by atoms with Gasteiger partial charge in [0, 0.05) is 18.6 Å². The van der Waals surface area contributed by atoms with Gasteiger partial charge in [-0.05, 0) is 69.1 Å². The van der Waals surface area contributed by atoms with Crippen molar-refractivity contribution >= 4 is 5.78 Å². The van der Waals surface area contributed by atoms with Gasteiger partial charge in [0.2, 0.25) is 6.29 Å². The van der Waals surface area contributed by atoms with Crippen molar-refractivity contribution in [3.63, 3.8) is 0 Å². The molecule has 6 N–H and O–H groups in total. The highest BCUT2D eigenvalue weighted by atomic mass is 16.7. The van der Waals surface area contributed by atoms with E-state index in [1.807, 2.05) is 12.2 Å². The maximum absolute atomic E-state index is 13.2. The van der Waals surface area contributed by atoms with Crippen LogP contribution in [0.5, 0.6) is 23.0 Å². The van der Waals surface area contributed by atoms with Crippen LogP contribution in [0.4, 0.5) is 0 Å². The lowest BCUT2D eigenvalue weighted by Gasteiger charge is -2.40. The van der Waals surface area contributed by atoms with Crippen LogP contribution in [-0.4, -0.2) is 80.3 Å². The molecule has 0 aliphatic carbocycles. The number of Topliss-reactive ketones (excluding diaryl/α,β-unsaturated/α-hetero) is 1. The summed E-state index contributed by atoms with van der Waals surface area (Å²) in [5.74, 6) is -1.62. The molecule has 10 heteroatoms. The number of hydrogen-bond donors (Lipinski definition) is 6. The van der Waals surface area contributed by atoms with Gasteiger partial charge in [0.05, 0.1) is 13.2 Å². The van der Waals surface area contributed by atoms with E-state index in [2.05, 4.69) is 67.7 Å². The van der Waals surface area contributed by atoms with E-state index in [1.54, 1.807) is 12.1 Å². The number of aliphatic hydroxyl groups excluding tert-OH is 3. The normalized spacial score (nSPS) is 21.2. The highest BCUT2D eigenvalue weighted by molar-refractivity contribution is 6.01. The number of phenols is 3. The first-order valence-corrected chi connectivity index (χ1v) is 17.9. The van der Waals surface area contributed by atoms with E-state index in [9.17, 15) is 35.4 Å². The molecule has 282 valence electrons. The number of aliphatic hydroxyl groups is 3. The molecule has 1 aliphatic heterocycles. The molecule has 1 aliphatic rings. The Hall–Kier alpha value is -4.45. The van der Waals surface area contributed by atoms with E-state index in [4.69, 9.17) is 14.2 Å². The highest BCUT2D eigenvalue weighted by Gasteiger charge is 2.45. The Morgan fingerprint density at radius 2 is 1.27 bits per heavy atom. The zero-order chi connectivity index (χ0) is 37.6. The third-order valence-corrected chi connectivity index (χ3v) is 8.14. The third-order valence-electron chi connectivity index (χ3n) is 8.14. The van der Waals surface area contributed by atoms with Gasteiger partial charge < -0.3 is 44.8 Å². The van der Waals surface area contributed by atoms with Gasteiger partial charge >= 0.3 is 0 Å². The lowest BCUT2D eigenvalue weighted by Crippen LogP contribution is -2.60. The molecular formula is C42H54O10. The molecule has 10 nitrogen and oxygen atoms in total. The van der Waals surface area contributed by atoms with Crippen molar-refractivity contribution in [1.29, 1.82) is 0 Å². The highest BCUT2D eigenvalue weighted by Crippen LogP contribution is 2.36. The Morgan fingerprint density at radius 1 is 0.712 bits per heavy atom. The van der Waals surface area contributed by atoms with Crippen molar-refractivity contribution in [3.05, 3.63) is 120 Å². The number of rotatable bonds is 22. The topological polar surface area (TPSA) is 166 Å². The lowest BCUT2D eigenvalue weighted by atomic mass is 9.98. The minimum absolute atomic E-state index is 0.0396. The summed E-state index contributed by atoms with van der Waals surface area (Å²) in [6, 6.07) is 8.42. The summed E-state index contributed by atoms with van der Waals surface area (Å²) >= 11 is 0. The van der Waals surface area contributed by atoms with Gasteiger partial charge in [-0.25, -0.2) is 0 Å². The van der Waals surface area contributed by atoms with E-state index < -0.39 is 48.0 Å². The fraction of sp³-hybridized carbons (Fsp3) is 0.405. The second kappa shape index (κ2) is 23.9. The zero-order valence-electron chi connectivity index (χ0n) is 29.9. The van der Waals surface area contributed by atoms with Gasteiger partial charge in [-0.1, -0.05) is 92.0 Å². The first-order chi connectivity index (χ1) is 25.2. The van der Waals surface area contributed by atoms with Crippen molar-refractivity contribution in [3.8, 4) is 23.0 Å². The number of carbonyl (C=O) groups excluding carboxylic acids is 1. The first kappa shape index (κ1) is 42.0. The molecule has 1 fully saturated rings. The number of benzene rings is 2. The second-order valence-electron chi connectivity index (χ2n) is 12.3. The van der Waals surface area contributed by atoms with Crippen LogP contribution < -0.4 is 4.74 Å². The quantitative estimate of drug-likeness (QED) is 0.0428. The van der Waals surface area contributed by atoms with E-state index >= 15 is 0 Å². The molecule has 1 heterocycles. The molecule has 0 radical (unpaired) electrons. The smallest absolute Gasteiger partial charge is 0.229 e. The van der Waals surface area contributed by atoms with Crippen molar-refractivity contribution in [2.45, 2.75) is 95.4 Å². The molecule has 0 saturated carbocycles. The van der Waals surface area contributed by atoms with Crippen molar-refractivity contribution in [2.24, 2.45) is 0 Å². The Labute approximate surface area is 307 Å². The number of carbonyl (C=O) groups is 1. The number of ether oxygens (including phenoxy) is 3. The van der Waals surface area contributed by atoms with E-state index in [0.717, 1.165) is 56.2 Å². The van der Waals surface area contributed by atoms with Gasteiger partial charge in [-0.3, -0.25) is 4.79 Å². The fourth-order valence-electron chi connectivity index (χ4n) is 5.27. The monoisotopic (exact) mass is 718 g/mol. The Kier molecular flexibility index (Phi) is 19.3. The van der Waals surface area contributed by atoms with Crippen molar-refractivity contribution in [1.82, 2.24) is 0 Å². The number of ketones is 1. The maximum atomic E-state index is 13.2. The van der Waals surface area contributed by atoms with Crippen LogP contribution in [0.25, 0.3) is 0 Å². The summed E-state index contributed by atoms with van der Waals surface area (Å²) in [6.07, 6.45) is 24.6. The zero-order valence-corrected chi connectivity index (χ0v) is 29.9. The third kappa shape index (κ3) is 15.0. The predicted octanol–water partition coefficient (Wildman–Crippen LogP) is 6.91. The number of hydrogen-bond acceptors (Lipinski definition) is 10. The molecule has 0 bridgehead atoms. The molecule has 0 amide bonds. The van der Waals surface area contributed by atoms with Crippen molar-refractivity contribution in [2.75, 3.05) is 13.2 Å². The average Bonchev–Trinajstić information content (AvgIpc) is 3.12. The average molecular weight is 719 g/mol. The second-order valence-corrected chi connectivity index (χ2v) is 12.3. The summed E-state index contributed by atoms with van der Waals surface area (Å²) in [5.41, 5.74) is 0.538. The summed E-state index contributed by atoms with van der Waals surface area (Å²) < 4.78 is 17.2. The van der Waals surface area contributed by atoms with Crippen LogP contribution in [0, 0.1) is 0 Å². The maximum Gasteiger partial charge on any atom is 0.229 e. The number of aryl methyl sites for hydroxylation is 1. The summed E-state index contributed by atoms with van der Waals surface area (Å²) in [6.45, 7) is 2.34. The predicted molar refractivity (Wildman–Crippen MR) is 201 cm³/mol. The molecule has 2 aromatic rings. The first-order valence-electron chi connectivity index (χ1n) is 17.9. The molecule has 52 heavy (non-hydrogen) atoms. The molecule has 2 aromatic carbocycles. The minimum atomic E-state index is -1.71. The molecular weight excluding hydrogens is 664 g/mol. The van der Waals surface area contributed by atoms with Crippen LogP contribution in [-0.2, 0) is 15.9 Å². The Morgan fingerprint density at radius 3 is 1.85 bits per heavy atom. The van der Waals surface area contributed by atoms with E-state index in [1.165, 1.54) is 12.1 Å². The summed E-state index contributed by atoms with van der Waals surface area (Å²) in [7, 11) is 0. The van der Waals surface area contributed by atoms with Crippen LogP contribution >= 0.6 is 0 Å². The molecule has 5 atom stereocenters. The molecule has 0 spiro atoms. The fourth-order valence-corrected chi connectivity index (χ4v) is 5.27. The van der Waals surface area contributed by atoms with Crippen LogP contribution in [0.15, 0.2) is 109 Å². The molecule has 1 saturated heterocycles.